The molecule has 1 aliphatic rings. The Labute approximate surface area is 124 Å². The molecule has 3 rings (SSSR count). The molecule has 0 unspecified atom stereocenters. The molecule has 0 radical (unpaired) electrons. The van der Waals surface area contributed by atoms with Gasteiger partial charge in [0.2, 0.25) is 0 Å². The lowest BCUT2D eigenvalue weighted by Crippen LogP contribution is -2.53. The SMILES string of the molecule is CC(C)(C)N1CCN(c2nc(NN)cn3ccnc23)CC1. The molecule has 0 atom stereocenters. The highest BCUT2D eigenvalue weighted by Crippen LogP contribution is 2.23. The van der Waals surface area contributed by atoms with Crippen molar-refractivity contribution in [2.45, 2.75) is 26.3 Å². The number of nitrogens with zero attached hydrogens (tertiary/aromatic N) is 5. The van der Waals surface area contributed by atoms with E-state index in [9.17, 15) is 0 Å². The summed E-state index contributed by atoms with van der Waals surface area (Å²) in [6.45, 7) is 10.7. The predicted octanol–water partition coefficient (Wildman–Crippen LogP) is 0.935. The number of rotatable bonds is 2. The van der Waals surface area contributed by atoms with Gasteiger partial charge in [-0.3, -0.25) is 4.90 Å². The summed E-state index contributed by atoms with van der Waals surface area (Å²) >= 11 is 0. The van der Waals surface area contributed by atoms with Crippen LogP contribution in [-0.4, -0.2) is 51.0 Å². The quantitative estimate of drug-likeness (QED) is 0.633. The van der Waals surface area contributed by atoms with E-state index in [2.05, 4.69) is 46.0 Å². The number of aromatic nitrogens is 3. The third kappa shape index (κ3) is 2.66. The number of nitrogens with one attached hydrogen (secondary N) is 1. The highest BCUT2D eigenvalue weighted by Gasteiger charge is 2.27. The highest BCUT2D eigenvalue weighted by atomic mass is 15.3. The molecular weight excluding hydrogens is 266 g/mol. The second-order valence-electron chi connectivity index (χ2n) is 6.40. The average molecular weight is 289 g/mol. The van der Waals surface area contributed by atoms with Gasteiger partial charge in [0.25, 0.3) is 0 Å². The Morgan fingerprint density at radius 1 is 1.19 bits per heavy atom. The normalized spacial score (nSPS) is 17.4. The van der Waals surface area contributed by atoms with Gasteiger partial charge in [-0.25, -0.2) is 15.8 Å². The smallest absolute Gasteiger partial charge is 0.180 e. The average Bonchev–Trinajstić information content (AvgIpc) is 2.93. The Morgan fingerprint density at radius 3 is 2.52 bits per heavy atom. The van der Waals surface area contributed by atoms with Crippen molar-refractivity contribution in [1.29, 1.82) is 0 Å². The molecule has 0 bridgehead atoms. The van der Waals surface area contributed by atoms with E-state index in [4.69, 9.17) is 5.84 Å². The van der Waals surface area contributed by atoms with Gasteiger partial charge >= 0.3 is 0 Å². The zero-order valence-electron chi connectivity index (χ0n) is 12.9. The summed E-state index contributed by atoms with van der Waals surface area (Å²) in [5.74, 6) is 7.05. The van der Waals surface area contributed by atoms with Crippen molar-refractivity contribution in [3.05, 3.63) is 18.6 Å². The molecule has 0 saturated carbocycles. The van der Waals surface area contributed by atoms with Crippen molar-refractivity contribution in [1.82, 2.24) is 19.3 Å². The molecule has 3 N–H and O–H groups in total. The van der Waals surface area contributed by atoms with E-state index in [-0.39, 0.29) is 5.54 Å². The van der Waals surface area contributed by atoms with Gasteiger partial charge in [0.1, 0.15) is 0 Å². The van der Waals surface area contributed by atoms with Crippen LogP contribution in [0.1, 0.15) is 20.8 Å². The van der Waals surface area contributed by atoms with Crippen LogP contribution in [0.25, 0.3) is 5.65 Å². The van der Waals surface area contributed by atoms with Crippen LogP contribution in [-0.2, 0) is 0 Å². The first-order valence-electron chi connectivity index (χ1n) is 7.29. The fourth-order valence-corrected chi connectivity index (χ4v) is 2.79. The van der Waals surface area contributed by atoms with Crippen molar-refractivity contribution in [2.24, 2.45) is 5.84 Å². The van der Waals surface area contributed by atoms with E-state index < -0.39 is 0 Å². The van der Waals surface area contributed by atoms with Crippen LogP contribution < -0.4 is 16.2 Å². The number of piperazine rings is 1. The Kier molecular flexibility index (Phi) is 3.46. The summed E-state index contributed by atoms with van der Waals surface area (Å²) in [4.78, 5) is 13.8. The lowest BCUT2D eigenvalue weighted by atomic mass is 10.1. The second-order valence-corrected chi connectivity index (χ2v) is 6.40. The Hall–Kier alpha value is -1.86. The minimum absolute atomic E-state index is 0.211. The van der Waals surface area contributed by atoms with Crippen molar-refractivity contribution < 1.29 is 0 Å². The van der Waals surface area contributed by atoms with Gasteiger partial charge in [-0.15, -0.1) is 0 Å². The van der Waals surface area contributed by atoms with Gasteiger partial charge in [-0.05, 0) is 20.8 Å². The van der Waals surface area contributed by atoms with Crippen molar-refractivity contribution in [3.63, 3.8) is 0 Å². The number of hydrogen-bond acceptors (Lipinski definition) is 6. The number of anilines is 2. The van der Waals surface area contributed by atoms with E-state index in [1.807, 2.05) is 16.8 Å². The van der Waals surface area contributed by atoms with E-state index in [1.165, 1.54) is 0 Å². The predicted molar refractivity (Wildman–Crippen MR) is 84.3 cm³/mol. The minimum Gasteiger partial charge on any atom is -0.351 e. The second kappa shape index (κ2) is 5.16. The zero-order valence-corrected chi connectivity index (χ0v) is 12.9. The molecule has 0 aromatic carbocycles. The molecule has 0 spiro atoms. The summed E-state index contributed by atoms with van der Waals surface area (Å²) in [7, 11) is 0. The molecule has 1 fully saturated rings. The van der Waals surface area contributed by atoms with E-state index >= 15 is 0 Å². The van der Waals surface area contributed by atoms with Crippen LogP contribution >= 0.6 is 0 Å². The monoisotopic (exact) mass is 289 g/mol. The fraction of sp³-hybridized carbons (Fsp3) is 0.571. The van der Waals surface area contributed by atoms with Crippen LogP contribution in [0, 0.1) is 0 Å². The molecule has 7 nitrogen and oxygen atoms in total. The topological polar surface area (TPSA) is 74.7 Å². The van der Waals surface area contributed by atoms with Crippen LogP contribution in [0.3, 0.4) is 0 Å². The number of hydrazine groups is 1. The lowest BCUT2D eigenvalue weighted by molar-refractivity contribution is 0.128. The molecule has 114 valence electrons. The van der Waals surface area contributed by atoms with Crippen LogP contribution in [0.2, 0.25) is 0 Å². The molecule has 0 aliphatic carbocycles. The van der Waals surface area contributed by atoms with Gasteiger partial charge < -0.3 is 14.7 Å². The number of hydrogen-bond donors (Lipinski definition) is 2. The number of nitrogen functional groups attached to an aromatic ring is 1. The van der Waals surface area contributed by atoms with Gasteiger partial charge in [0.15, 0.2) is 17.3 Å². The first-order chi connectivity index (χ1) is 9.99. The van der Waals surface area contributed by atoms with Crippen LogP contribution in [0.5, 0.6) is 0 Å². The molecule has 3 heterocycles. The van der Waals surface area contributed by atoms with Crippen molar-refractivity contribution in [2.75, 3.05) is 36.5 Å². The Morgan fingerprint density at radius 2 is 1.90 bits per heavy atom. The molecule has 1 aliphatic heterocycles. The zero-order chi connectivity index (χ0) is 15.0. The van der Waals surface area contributed by atoms with Gasteiger partial charge in [-0.1, -0.05) is 0 Å². The van der Waals surface area contributed by atoms with Crippen molar-refractivity contribution in [3.8, 4) is 0 Å². The fourth-order valence-electron chi connectivity index (χ4n) is 2.79. The van der Waals surface area contributed by atoms with Crippen LogP contribution in [0.4, 0.5) is 11.6 Å². The van der Waals surface area contributed by atoms with Gasteiger partial charge in [0, 0.05) is 44.1 Å². The summed E-state index contributed by atoms with van der Waals surface area (Å²) < 4.78 is 1.95. The molecular formula is C14H23N7. The molecule has 2 aromatic rings. The molecule has 21 heavy (non-hydrogen) atoms. The molecule has 0 amide bonds. The maximum Gasteiger partial charge on any atom is 0.180 e. The first kappa shape index (κ1) is 14.1. The van der Waals surface area contributed by atoms with Crippen molar-refractivity contribution >= 4 is 17.3 Å². The number of imidazole rings is 1. The summed E-state index contributed by atoms with van der Waals surface area (Å²) in [6.07, 6.45) is 5.54. The van der Waals surface area contributed by atoms with Crippen LogP contribution in [0.15, 0.2) is 18.6 Å². The molecule has 7 heteroatoms. The standard InChI is InChI=1S/C14H23N7/c1-14(2,3)21-8-6-19(7-9-21)13-12-16-4-5-20(12)10-11(17-13)18-15/h4-5,10,18H,6-9,15H2,1-3H3. The van der Waals surface area contributed by atoms with E-state index in [0.29, 0.717) is 5.82 Å². The number of fused-ring (bicyclic) bond motifs is 1. The molecule has 1 saturated heterocycles. The summed E-state index contributed by atoms with van der Waals surface area (Å²) in [5, 5.41) is 0. The largest absolute Gasteiger partial charge is 0.351 e. The van der Waals surface area contributed by atoms with Gasteiger partial charge in [0.05, 0.1) is 6.20 Å². The summed E-state index contributed by atoms with van der Waals surface area (Å²) in [5.41, 5.74) is 3.71. The van der Waals surface area contributed by atoms with E-state index in [1.54, 1.807) is 6.20 Å². The highest BCUT2D eigenvalue weighted by molar-refractivity contribution is 5.66. The summed E-state index contributed by atoms with van der Waals surface area (Å²) in [6, 6.07) is 0. The number of nitrogens with two attached hydrogens (primary N) is 1. The van der Waals surface area contributed by atoms with E-state index in [0.717, 1.165) is 37.6 Å². The maximum atomic E-state index is 5.51. The Balaban J connectivity index is 1.86. The maximum absolute atomic E-state index is 5.51. The minimum atomic E-state index is 0.211. The van der Waals surface area contributed by atoms with Gasteiger partial charge in [-0.2, -0.15) is 0 Å². The third-order valence-corrected chi connectivity index (χ3v) is 4.03. The first-order valence-corrected chi connectivity index (χ1v) is 7.29. The Bertz CT molecular complexity index is 620. The molecule has 2 aromatic heterocycles. The lowest BCUT2D eigenvalue weighted by Gasteiger charge is -2.42. The third-order valence-electron chi connectivity index (χ3n) is 4.03.